The summed E-state index contributed by atoms with van der Waals surface area (Å²) in [4.78, 5) is 26.5. The summed E-state index contributed by atoms with van der Waals surface area (Å²) in [5.41, 5.74) is 2.58. The van der Waals surface area contributed by atoms with Crippen LogP contribution in [-0.2, 0) is 4.79 Å². The third kappa shape index (κ3) is 4.87. The van der Waals surface area contributed by atoms with Crippen molar-refractivity contribution >= 4 is 40.9 Å². The summed E-state index contributed by atoms with van der Waals surface area (Å²) < 4.78 is 0. The lowest BCUT2D eigenvalue weighted by molar-refractivity contribution is -0.111. The molecule has 28 heavy (non-hydrogen) atoms. The van der Waals surface area contributed by atoms with E-state index < -0.39 is 0 Å². The van der Waals surface area contributed by atoms with Gasteiger partial charge in [0.1, 0.15) is 0 Å². The van der Waals surface area contributed by atoms with Gasteiger partial charge in [-0.2, -0.15) is 0 Å². The second-order valence-corrected chi connectivity index (χ2v) is 6.53. The van der Waals surface area contributed by atoms with Crippen molar-refractivity contribution in [2.75, 3.05) is 17.3 Å². The number of amides is 2. The van der Waals surface area contributed by atoms with Crippen LogP contribution in [0.5, 0.6) is 0 Å². The van der Waals surface area contributed by atoms with Gasteiger partial charge < -0.3 is 10.2 Å². The Hall–Kier alpha value is -3.37. The largest absolute Gasteiger partial charge is 0.322 e. The number of carbonyl (C=O) groups excluding carboxylic acids is 2. The fourth-order valence-corrected chi connectivity index (χ4v) is 2.85. The Kier molecular flexibility index (Phi) is 6.25. The average molecular weight is 391 g/mol. The Balaban J connectivity index is 1.70. The molecule has 3 aromatic carbocycles. The highest BCUT2D eigenvalue weighted by molar-refractivity contribution is 6.32. The van der Waals surface area contributed by atoms with E-state index in [1.54, 1.807) is 48.4 Å². The third-order valence-corrected chi connectivity index (χ3v) is 4.49. The number of para-hydroxylation sites is 1. The minimum absolute atomic E-state index is 0.158. The summed E-state index contributed by atoms with van der Waals surface area (Å²) in [6.07, 6.45) is 3.06. The molecule has 4 nitrogen and oxygen atoms in total. The molecule has 0 aromatic heterocycles. The summed E-state index contributed by atoms with van der Waals surface area (Å²) in [6.45, 7) is 0. The predicted octanol–water partition coefficient (Wildman–Crippen LogP) is 5.27. The van der Waals surface area contributed by atoms with Crippen LogP contribution < -0.4 is 10.2 Å². The quantitative estimate of drug-likeness (QED) is 0.603. The smallest absolute Gasteiger partial charge is 0.258 e. The highest BCUT2D eigenvalue weighted by atomic mass is 35.5. The molecule has 3 aromatic rings. The molecule has 0 unspecified atom stereocenters. The molecule has 5 heteroatoms. The van der Waals surface area contributed by atoms with Crippen LogP contribution in [0, 0.1) is 0 Å². The molecule has 0 heterocycles. The summed E-state index contributed by atoms with van der Waals surface area (Å²) in [5.74, 6) is -0.463. The number of rotatable bonds is 5. The van der Waals surface area contributed by atoms with Gasteiger partial charge in [-0.15, -0.1) is 0 Å². The van der Waals surface area contributed by atoms with Gasteiger partial charge in [0.2, 0.25) is 5.91 Å². The van der Waals surface area contributed by atoms with Crippen LogP contribution in [0.2, 0.25) is 5.02 Å². The highest BCUT2D eigenvalue weighted by Crippen LogP contribution is 2.18. The van der Waals surface area contributed by atoms with E-state index in [0.717, 1.165) is 11.3 Å². The fraction of sp³-hybridized carbons (Fsp3) is 0.0435. The first-order valence-electron chi connectivity index (χ1n) is 8.71. The number of nitrogens with zero attached hydrogens (tertiary/aromatic N) is 1. The van der Waals surface area contributed by atoms with Crippen molar-refractivity contribution in [2.45, 2.75) is 0 Å². The second kappa shape index (κ2) is 9.02. The first-order chi connectivity index (χ1) is 13.5. The summed E-state index contributed by atoms with van der Waals surface area (Å²) in [5, 5.41) is 3.34. The van der Waals surface area contributed by atoms with E-state index in [0.29, 0.717) is 16.3 Å². The van der Waals surface area contributed by atoms with Crippen molar-refractivity contribution in [1.29, 1.82) is 0 Å². The van der Waals surface area contributed by atoms with Crippen LogP contribution in [0.15, 0.2) is 84.9 Å². The zero-order chi connectivity index (χ0) is 19.9. The minimum Gasteiger partial charge on any atom is -0.322 e. The first kappa shape index (κ1) is 19.4. The Morgan fingerprint density at radius 2 is 1.64 bits per heavy atom. The van der Waals surface area contributed by atoms with Gasteiger partial charge in [-0.1, -0.05) is 54.1 Å². The lowest BCUT2D eigenvalue weighted by atomic mass is 10.1. The zero-order valence-electron chi connectivity index (χ0n) is 15.3. The van der Waals surface area contributed by atoms with Crippen LogP contribution in [0.4, 0.5) is 11.4 Å². The number of benzene rings is 3. The third-order valence-electron chi connectivity index (χ3n) is 4.14. The average Bonchev–Trinajstić information content (AvgIpc) is 2.73. The summed E-state index contributed by atoms with van der Waals surface area (Å²) >= 11 is 6.08. The van der Waals surface area contributed by atoms with Gasteiger partial charge >= 0.3 is 0 Å². The van der Waals surface area contributed by atoms with Gasteiger partial charge in [0.15, 0.2) is 0 Å². The minimum atomic E-state index is -0.305. The molecule has 0 radical (unpaired) electrons. The van der Waals surface area contributed by atoms with Crippen LogP contribution >= 0.6 is 11.6 Å². The number of nitrogens with one attached hydrogen (secondary N) is 1. The maximum absolute atomic E-state index is 12.7. The van der Waals surface area contributed by atoms with Crippen molar-refractivity contribution in [3.8, 4) is 0 Å². The second-order valence-electron chi connectivity index (χ2n) is 6.12. The van der Waals surface area contributed by atoms with Crippen molar-refractivity contribution < 1.29 is 9.59 Å². The Bertz CT molecular complexity index is 1020. The van der Waals surface area contributed by atoms with Crippen LogP contribution in [-0.4, -0.2) is 18.9 Å². The lowest BCUT2D eigenvalue weighted by Crippen LogP contribution is -2.26. The van der Waals surface area contributed by atoms with Gasteiger partial charge in [0.05, 0.1) is 0 Å². The normalized spacial score (nSPS) is 10.6. The number of hydrogen-bond donors (Lipinski definition) is 1. The molecule has 140 valence electrons. The monoisotopic (exact) mass is 390 g/mol. The first-order valence-corrected chi connectivity index (χ1v) is 9.09. The van der Waals surface area contributed by atoms with E-state index in [2.05, 4.69) is 5.32 Å². The molecule has 0 aliphatic heterocycles. The van der Waals surface area contributed by atoms with Crippen molar-refractivity contribution in [3.63, 3.8) is 0 Å². The van der Waals surface area contributed by atoms with E-state index in [1.165, 1.54) is 6.08 Å². The standard InChI is InChI=1S/C23H19ClN2O2/c1-26(20-11-3-2-4-12-20)23(28)18-9-7-10-19(16-18)25-22(27)15-14-17-8-5-6-13-21(17)24/h2-16H,1H3,(H,25,27)/b15-14+. The van der Waals surface area contributed by atoms with E-state index >= 15 is 0 Å². The van der Waals surface area contributed by atoms with Crippen LogP contribution in [0.25, 0.3) is 6.08 Å². The Morgan fingerprint density at radius 3 is 2.39 bits per heavy atom. The van der Waals surface area contributed by atoms with E-state index in [-0.39, 0.29) is 11.8 Å². The molecule has 0 aliphatic carbocycles. The molecule has 0 fully saturated rings. The van der Waals surface area contributed by atoms with E-state index in [4.69, 9.17) is 11.6 Å². The number of halogens is 1. The molecule has 2 amide bonds. The molecule has 1 N–H and O–H groups in total. The molecule has 0 bridgehead atoms. The van der Waals surface area contributed by atoms with Gasteiger partial charge in [0.25, 0.3) is 5.91 Å². The number of hydrogen-bond acceptors (Lipinski definition) is 2. The molecule has 3 rings (SSSR count). The predicted molar refractivity (Wildman–Crippen MR) is 115 cm³/mol. The van der Waals surface area contributed by atoms with Crippen molar-refractivity contribution in [2.24, 2.45) is 0 Å². The number of anilines is 2. The zero-order valence-corrected chi connectivity index (χ0v) is 16.1. The van der Waals surface area contributed by atoms with Gasteiger partial charge in [-0.3, -0.25) is 9.59 Å². The van der Waals surface area contributed by atoms with Gasteiger partial charge in [0, 0.05) is 35.1 Å². The molecular formula is C23H19ClN2O2. The topological polar surface area (TPSA) is 49.4 Å². The molecule has 0 saturated carbocycles. The van der Waals surface area contributed by atoms with E-state index in [1.807, 2.05) is 48.5 Å². The number of carbonyl (C=O) groups is 2. The molecule has 0 spiro atoms. The summed E-state index contributed by atoms with van der Waals surface area (Å²) in [6, 6.07) is 23.5. The van der Waals surface area contributed by atoms with Gasteiger partial charge in [-0.25, -0.2) is 0 Å². The highest BCUT2D eigenvalue weighted by Gasteiger charge is 2.13. The van der Waals surface area contributed by atoms with Crippen molar-refractivity contribution in [1.82, 2.24) is 0 Å². The van der Waals surface area contributed by atoms with Crippen molar-refractivity contribution in [3.05, 3.63) is 101 Å². The fourth-order valence-electron chi connectivity index (χ4n) is 2.65. The van der Waals surface area contributed by atoms with Crippen LogP contribution in [0.1, 0.15) is 15.9 Å². The maximum atomic E-state index is 12.7. The van der Waals surface area contributed by atoms with E-state index in [9.17, 15) is 9.59 Å². The lowest BCUT2D eigenvalue weighted by Gasteiger charge is -2.17. The Morgan fingerprint density at radius 1 is 0.929 bits per heavy atom. The summed E-state index contributed by atoms with van der Waals surface area (Å²) in [7, 11) is 1.72. The Labute approximate surface area is 169 Å². The van der Waals surface area contributed by atoms with Crippen LogP contribution in [0.3, 0.4) is 0 Å². The maximum Gasteiger partial charge on any atom is 0.258 e. The molecule has 0 atom stereocenters. The molecular weight excluding hydrogens is 372 g/mol. The molecule has 0 aliphatic rings. The van der Waals surface area contributed by atoms with Gasteiger partial charge in [-0.05, 0) is 48.0 Å². The molecule has 0 saturated heterocycles. The SMILES string of the molecule is CN(C(=O)c1cccc(NC(=O)/C=C/c2ccccc2Cl)c1)c1ccccc1.